The average Bonchev–Trinajstić information content (AvgIpc) is 3.36. The van der Waals surface area contributed by atoms with Gasteiger partial charge in [-0.25, -0.2) is 14.8 Å². The summed E-state index contributed by atoms with van der Waals surface area (Å²) in [4.78, 5) is 20.8. The number of carbonyl (C=O) groups is 1. The summed E-state index contributed by atoms with van der Waals surface area (Å²) in [5.41, 5.74) is 2.22. The number of hydrogen-bond donors (Lipinski definition) is 2. The molecule has 0 spiro atoms. The molecule has 0 unspecified atom stereocenters. The van der Waals surface area contributed by atoms with Gasteiger partial charge in [0.15, 0.2) is 4.88 Å². The molecule has 0 saturated carbocycles. The van der Waals surface area contributed by atoms with Crippen molar-refractivity contribution in [3.63, 3.8) is 0 Å². The fourth-order valence-electron chi connectivity index (χ4n) is 3.34. The number of nitriles is 1. The van der Waals surface area contributed by atoms with Crippen LogP contribution in [0.4, 0.5) is 5.82 Å². The van der Waals surface area contributed by atoms with E-state index in [1.165, 1.54) is 6.33 Å². The molecule has 1 aromatic carbocycles. The van der Waals surface area contributed by atoms with E-state index in [2.05, 4.69) is 21.4 Å². The van der Waals surface area contributed by atoms with E-state index >= 15 is 0 Å². The van der Waals surface area contributed by atoms with Crippen LogP contribution >= 0.6 is 11.3 Å². The van der Waals surface area contributed by atoms with Gasteiger partial charge in [0.2, 0.25) is 0 Å². The molecule has 31 heavy (non-hydrogen) atoms. The van der Waals surface area contributed by atoms with Gasteiger partial charge >= 0.3 is 5.97 Å². The van der Waals surface area contributed by atoms with Crippen LogP contribution in [0, 0.1) is 11.3 Å². The second-order valence-electron chi connectivity index (χ2n) is 6.61. The van der Waals surface area contributed by atoms with Crippen LogP contribution < -0.4 is 10.1 Å². The van der Waals surface area contributed by atoms with Gasteiger partial charge < -0.3 is 19.7 Å². The van der Waals surface area contributed by atoms with Gasteiger partial charge in [0, 0.05) is 36.1 Å². The van der Waals surface area contributed by atoms with Crippen LogP contribution in [-0.4, -0.2) is 38.8 Å². The van der Waals surface area contributed by atoms with Crippen molar-refractivity contribution < 1.29 is 14.6 Å². The highest BCUT2D eigenvalue weighted by atomic mass is 32.1. The first kappa shape index (κ1) is 20.4. The zero-order valence-corrected chi connectivity index (χ0v) is 17.5. The predicted octanol–water partition coefficient (Wildman–Crippen LogP) is 4.24. The number of ether oxygens (including phenoxy) is 1. The molecule has 4 rings (SSSR count). The molecule has 3 heterocycles. The Hall–Kier alpha value is -3.90. The third-order valence-electron chi connectivity index (χ3n) is 4.68. The van der Waals surface area contributed by atoms with E-state index in [0.717, 1.165) is 22.2 Å². The summed E-state index contributed by atoms with van der Waals surface area (Å²) < 4.78 is 7.40. The highest BCUT2D eigenvalue weighted by Crippen LogP contribution is 2.36. The van der Waals surface area contributed by atoms with Gasteiger partial charge in [-0.05, 0) is 19.1 Å². The molecule has 0 atom stereocenters. The van der Waals surface area contributed by atoms with Crippen molar-refractivity contribution in [2.75, 3.05) is 18.5 Å². The summed E-state index contributed by atoms with van der Waals surface area (Å²) in [5, 5.41) is 23.1. The Morgan fingerprint density at radius 2 is 2.13 bits per heavy atom. The molecule has 2 N–H and O–H groups in total. The maximum Gasteiger partial charge on any atom is 0.349 e. The average molecular weight is 433 g/mol. The number of carboxylic acids is 1. The normalized spacial score (nSPS) is 10.7. The molecule has 156 valence electrons. The molecule has 0 fully saturated rings. The van der Waals surface area contributed by atoms with Gasteiger partial charge in [0.25, 0.3) is 0 Å². The Bertz CT molecular complexity index is 1290. The second-order valence-corrected chi connectivity index (χ2v) is 7.66. The van der Waals surface area contributed by atoms with Crippen LogP contribution in [0.2, 0.25) is 0 Å². The number of rotatable bonds is 8. The Morgan fingerprint density at radius 1 is 1.29 bits per heavy atom. The Balaban J connectivity index is 1.51. The third-order valence-corrected chi connectivity index (χ3v) is 5.81. The Kier molecular flexibility index (Phi) is 5.82. The number of anilines is 1. The lowest BCUT2D eigenvalue weighted by molar-refractivity contribution is 0.0698. The third kappa shape index (κ3) is 4.20. The number of aromatic nitrogens is 3. The summed E-state index contributed by atoms with van der Waals surface area (Å²) in [6, 6.07) is 15.5. The fraction of sp³-hybridized carbons (Fsp3) is 0.182. The SMILES string of the molecule is CCOc1cc(-c2cc(NCCn3c(C#N)cc4ccccc43)ncn2)sc1C(=O)O. The first-order valence-corrected chi connectivity index (χ1v) is 10.5. The molecule has 0 aliphatic heterocycles. The molecule has 4 aromatic rings. The lowest BCUT2D eigenvalue weighted by Gasteiger charge is -2.09. The van der Waals surface area contributed by atoms with Gasteiger partial charge in [0.05, 0.1) is 17.2 Å². The van der Waals surface area contributed by atoms with E-state index in [1.54, 1.807) is 19.1 Å². The highest BCUT2D eigenvalue weighted by Gasteiger charge is 2.18. The first-order chi connectivity index (χ1) is 15.1. The quantitative estimate of drug-likeness (QED) is 0.427. The van der Waals surface area contributed by atoms with Crippen LogP contribution in [0.5, 0.6) is 5.75 Å². The van der Waals surface area contributed by atoms with E-state index < -0.39 is 5.97 Å². The molecule has 0 saturated heterocycles. The van der Waals surface area contributed by atoms with Crippen LogP contribution in [0.15, 0.2) is 48.8 Å². The topological polar surface area (TPSA) is 113 Å². The number of thiophene rings is 1. The van der Waals surface area contributed by atoms with Crippen molar-refractivity contribution in [3.8, 4) is 22.4 Å². The van der Waals surface area contributed by atoms with Crippen molar-refractivity contribution in [1.29, 1.82) is 5.26 Å². The van der Waals surface area contributed by atoms with Crippen molar-refractivity contribution in [3.05, 3.63) is 59.4 Å². The molecular weight excluding hydrogens is 414 g/mol. The zero-order valence-electron chi connectivity index (χ0n) is 16.7. The standard InChI is InChI=1S/C22H19N5O3S/c1-2-30-18-11-19(31-21(18)22(28)29)16-10-20(26-13-25-16)24-7-8-27-15(12-23)9-14-5-3-4-6-17(14)27/h3-6,9-11,13H,2,7-8H2,1H3,(H,28,29)(H,24,25,26). The van der Waals surface area contributed by atoms with Crippen LogP contribution in [0.25, 0.3) is 21.5 Å². The molecule has 0 bridgehead atoms. The largest absolute Gasteiger partial charge is 0.492 e. The van der Waals surface area contributed by atoms with E-state index in [0.29, 0.717) is 47.5 Å². The lowest BCUT2D eigenvalue weighted by Crippen LogP contribution is -2.12. The molecule has 9 heteroatoms. The van der Waals surface area contributed by atoms with Crippen LogP contribution in [0.3, 0.4) is 0 Å². The number of nitrogens with zero attached hydrogens (tertiary/aromatic N) is 4. The molecule has 8 nitrogen and oxygen atoms in total. The number of para-hydroxylation sites is 1. The maximum atomic E-state index is 11.5. The van der Waals surface area contributed by atoms with Gasteiger partial charge in [-0.2, -0.15) is 5.26 Å². The van der Waals surface area contributed by atoms with Gasteiger partial charge in [-0.1, -0.05) is 18.2 Å². The smallest absolute Gasteiger partial charge is 0.349 e. The Labute approximate surface area is 182 Å². The summed E-state index contributed by atoms with van der Waals surface area (Å²) in [7, 11) is 0. The van der Waals surface area contributed by atoms with Crippen LogP contribution in [0.1, 0.15) is 22.3 Å². The van der Waals surface area contributed by atoms with E-state index in [9.17, 15) is 15.2 Å². The van der Waals surface area contributed by atoms with Crippen molar-refractivity contribution in [2.45, 2.75) is 13.5 Å². The molecule has 0 aliphatic rings. The van der Waals surface area contributed by atoms with E-state index in [4.69, 9.17) is 4.74 Å². The van der Waals surface area contributed by atoms with E-state index in [-0.39, 0.29) is 4.88 Å². The second kappa shape index (κ2) is 8.85. The molecule has 0 aliphatic carbocycles. The van der Waals surface area contributed by atoms with Gasteiger partial charge in [0.1, 0.15) is 29.7 Å². The number of nitrogens with one attached hydrogen (secondary N) is 1. The van der Waals surface area contributed by atoms with Crippen molar-refractivity contribution >= 4 is 34.0 Å². The first-order valence-electron chi connectivity index (χ1n) is 9.65. The molecule has 0 amide bonds. The summed E-state index contributed by atoms with van der Waals surface area (Å²) in [5.74, 6) is -0.0748. The van der Waals surface area contributed by atoms with Crippen molar-refractivity contribution in [2.24, 2.45) is 0 Å². The maximum absolute atomic E-state index is 11.5. The predicted molar refractivity (Wildman–Crippen MR) is 119 cm³/mol. The minimum absolute atomic E-state index is 0.147. The summed E-state index contributed by atoms with van der Waals surface area (Å²) in [6.07, 6.45) is 1.43. The number of hydrogen-bond acceptors (Lipinski definition) is 7. The zero-order chi connectivity index (χ0) is 21.8. The highest BCUT2D eigenvalue weighted by molar-refractivity contribution is 7.17. The minimum Gasteiger partial charge on any atom is -0.492 e. The van der Waals surface area contributed by atoms with Gasteiger partial charge in [-0.15, -0.1) is 11.3 Å². The number of aromatic carboxylic acids is 1. The minimum atomic E-state index is -1.03. The van der Waals surface area contributed by atoms with Gasteiger partial charge in [-0.3, -0.25) is 0 Å². The van der Waals surface area contributed by atoms with E-state index in [1.807, 2.05) is 34.9 Å². The molecule has 0 radical (unpaired) electrons. The fourth-order valence-corrected chi connectivity index (χ4v) is 4.25. The summed E-state index contributed by atoms with van der Waals surface area (Å²) in [6.45, 7) is 3.33. The Morgan fingerprint density at radius 3 is 2.90 bits per heavy atom. The molecular formula is C22H19N5O3S. The monoisotopic (exact) mass is 433 g/mol. The number of benzene rings is 1. The van der Waals surface area contributed by atoms with Crippen LogP contribution in [-0.2, 0) is 6.54 Å². The van der Waals surface area contributed by atoms with Crippen molar-refractivity contribution in [1.82, 2.24) is 14.5 Å². The number of fused-ring (bicyclic) bond motifs is 1. The summed E-state index contributed by atoms with van der Waals surface area (Å²) >= 11 is 1.11. The molecule has 3 aromatic heterocycles. The number of carboxylic acid groups (broad SMARTS) is 1. The lowest BCUT2D eigenvalue weighted by atomic mass is 10.2.